The van der Waals surface area contributed by atoms with Crippen molar-refractivity contribution in [1.82, 2.24) is 4.90 Å². The van der Waals surface area contributed by atoms with E-state index in [4.69, 9.17) is 9.15 Å². The first-order valence-electron chi connectivity index (χ1n) is 13.1. The summed E-state index contributed by atoms with van der Waals surface area (Å²) in [5.74, 6) is -2.60. The molecule has 4 aromatic rings. The molecule has 0 saturated heterocycles. The molecule has 8 nitrogen and oxygen atoms in total. The van der Waals surface area contributed by atoms with Gasteiger partial charge in [0.15, 0.2) is 5.76 Å². The molecule has 2 unspecified atom stereocenters. The second-order valence-corrected chi connectivity index (χ2v) is 10.7. The van der Waals surface area contributed by atoms with Gasteiger partial charge in [0.2, 0.25) is 0 Å². The highest BCUT2D eigenvalue weighted by Crippen LogP contribution is 2.25. The van der Waals surface area contributed by atoms with Gasteiger partial charge in [-0.05, 0) is 74.4 Å². The van der Waals surface area contributed by atoms with Crippen LogP contribution in [0.1, 0.15) is 49.6 Å². The van der Waals surface area contributed by atoms with Crippen LogP contribution in [0.15, 0.2) is 89.3 Å². The largest absolute Gasteiger partial charge is 0.550 e. The average molecular weight is 542 g/mol. The second kappa shape index (κ2) is 12.1. The summed E-state index contributed by atoms with van der Waals surface area (Å²) < 4.78 is 11.3. The van der Waals surface area contributed by atoms with Crippen LogP contribution >= 0.6 is 0 Å². The molecule has 1 aromatic heterocycles. The van der Waals surface area contributed by atoms with E-state index in [1.54, 1.807) is 58.0 Å². The molecule has 0 aliphatic heterocycles. The Bertz CT molecular complexity index is 1490. The Balaban J connectivity index is 1.56. The molecule has 2 amide bonds. The summed E-state index contributed by atoms with van der Waals surface area (Å²) in [5.41, 5.74) is 0.650. The molecular formula is C32H33N2O6-. The summed E-state index contributed by atoms with van der Waals surface area (Å²) in [7, 11) is 0. The third kappa shape index (κ3) is 7.28. The van der Waals surface area contributed by atoms with Crippen LogP contribution in [-0.4, -0.2) is 34.5 Å². The summed E-state index contributed by atoms with van der Waals surface area (Å²) >= 11 is 0. The van der Waals surface area contributed by atoms with Crippen molar-refractivity contribution >= 4 is 34.4 Å². The number of furan rings is 1. The number of nitrogens with one attached hydrogen (secondary N) is 1. The normalized spacial score (nSPS) is 12.9. The average Bonchev–Trinajstić information content (AvgIpc) is 3.38. The third-order valence-electron chi connectivity index (χ3n) is 6.51. The van der Waals surface area contributed by atoms with E-state index in [1.807, 2.05) is 48.5 Å². The zero-order valence-electron chi connectivity index (χ0n) is 23.0. The molecular weight excluding hydrogens is 508 g/mol. The molecule has 1 heterocycles. The van der Waals surface area contributed by atoms with Gasteiger partial charge >= 0.3 is 6.09 Å². The van der Waals surface area contributed by atoms with Crippen molar-refractivity contribution < 1.29 is 28.6 Å². The minimum Gasteiger partial charge on any atom is -0.550 e. The molecule has 0 fully saturated rings. The van der Waals surface area contributed by atoms with Crippen molar-refractivity contribution in [2.24, 2.45) is 5.92 Å². The number of hydrogen-bond donors (Lipinski definition) is 1. The molecule has 1 N–H and O–H groups in total. The lowest BCUT2D eigenvalue weighted by Gasteiger charge is -2.36. The quantitative estimate of drug-likeness (QED) is 0.303. The minimum absolute atomic E-state index is 0.0452. The fourth-order valence-electron chi connectivity index (χ4n) is 4.44. The third-order valence-corrected chi connectivity index (χ3v) is 6.51. The van der Waals surface area contributed by atoms with Crippen molar-refractivity contribution in [1.29, 1.82) is 0 Å². The lowest BCUT2D eigenvalue weighted by atomic mass is 9.94. The smallest absolute Gasteiger partial charge is 0.410 e. The monoisotopic (exact) mass is 541 g/mol. The van der Waals surface area contributed by atoms with Crippen molar-refractivity contribution in [3.8, 4) is 0 Å². The predicted molar refractivity (Wildman–Crippen MR) is 150 cm³/mol. The summed E-state index contributed by atoms with van der Waals surface area (Å²) in [6, 6.07) is 24.8. The first-order chi connectivity index (χ1) is 19.0. The highest BCUT2D eigenvalue weighted by Gasteiger charge is 2.32. The Morgan fingerprint density at radius 1 is 0.925 bits per heavy atom. The number of amides is 2. The lowest BCUT2D eigenvalue weighted by molar-refractivity contribution is -0.313. The number of hydrogen-bond acceptors (Lipinski definition) is 6. The maximum atomic E-state index is 13.3. The van der Waals surface area contributed by atoms with E-state index in [-0.39, 0.29) is 24.5 Å². The summed E-state index contributed by atoms with van der Waals surface area (Å²) in [6.07, 6.45) is -0.721. The molecule has 0 bridgehead atoms. The van der Waals surface area contributed by atoms with Gasteiger partial charge in [0.25, 0.3) is 5.91 Å². The fourth-order valence-corrected chi connectivity index (χ4v) is 4.44. The molecule has 0 aliphatic rings. The van der Waals surface area contributed by atoms with E-state index < -0.39 is 35.5 Å². The van der Waals surface area contributed by atoms with Crippen LogP contribution in [0.4, 0.5) is 10.5 Å². The second-order valence-electron chi connectivity index (χ2n) is 10.7. The van der Waals surface area contributed by atoms with Crippen molar-refractivity contribution in [3.05, 3.63) is 102 Å². The molecule has 40 heavy (non-hydrogen) atoms. The van der Waals surface area contributed by atoms with Gasteiger partial charge in [-0.1, -0.05) is 54.6 Å². The molecule has 2 atom stereocenters. The number of ether oxygens (including phenoxy) is 1. The summed E-state index contributed by atoms with van der Waals surface area (Å²) in [6.45, 7) is 7.05. The number of carboxylic acid groups (broad SMARTS) is 1. The van der Waals surface area contributed by atoms with E-state index in [0.717, 1.165) is 16.3 Å². The minimum atomic E-state index is -1.34. The number of benzene rings is 3. The molecule has 0 aliphatic carbocycles. The highest BCUT2D eigenvalue weighted by atomic mass is 16.6. The predicted octanol–water partition coefficient (Wildman–Crippen LogP) is 5.42. The number of para-hydroxylation sites is 1. The van der Waals surface area contributed by atoms with Crippen LogP contribution in [0.5, 0.6) is 0 Å². The van der Waals surface area contributed by atoms with Crippen LogP contribution in [-0.2, 0) is 22.5 Å². The van der Waals surface area contributed by atoms with E-state index in [2.05, 4.69) is 5.32 Å². The maximum absolute atomic E-state index is 13.3. The molecule has 0 spiro atoms. The molecule has 208 valence electrons. The fraction of sp³-hybridized carbons (Fsp3) is 0.281. The molecule has 8 heteroatoms. The Morgan fingerprint density at radius 3 is 2.27 bits per heavy atom. The van der Waals surface area contributed by atoms with Crippen LogP contribution < -0.4 is 10.4 Å². The number of fused-ring (bicyclic) bond motifs is 1. The number of rotatable bonds is 9. The number of aliphatic carboxylic acids is 1. The van der Waals surface area contributed by atoms with E-state index >= 15 is 0 Å². The standard InChI is InChI=1S/C32H34N2O6/c1-21(27(30(36)37)19-26-16-17-28(39-26)29(35)33-25-12-6-5-7-13-25)34(31(38)40-32(2,3)4)20-22-14-15-23-10-8-9-11-24(23)18-22/h5-18,21,27H,19-20H2,1-4H3,(H,33,35)(H,36,37)/p-1. The number of carboxylic acids is 1. The van der Waals surface area contributed by atoms with Gasteiger partial charge in [-0.3, -0.25) is 4.79 Å². The van der Waals surface area contributed by atoms with Gasteiger partial charge in [-0.15, -0.1) is 0 Å². The summed E-state index contributed by atoms with van der Waals surface area (Å²) in [5, 5.41) is 17.2. The Morgan fingerprint density at radius 2 is 1.60 bits per heavy atom. The van der Waals surface area contributed by atoms with Gasteiger partial charge in [0.1, 0.15) is 11.4 Å². The van der Waals surface area contributed by atoms with Crippen LogP contribution in [0.3, 0.4) is 0 Å². The SMILES string of the molecule is CC(C(Cc1ccc(C(=O)Nc2ccccc2)o1)C(=O)[O-])N(Cc1ccc2ccccc2c1)C(=O)OC(C)(C)C. The molecule has 3 aromatic carbocycles. The summed E-state index contributed by atoms with van der Waals surface area (Å²) in [4.78, 5) is 39.7. The zero-order valence-corrected chi connectivity index (χ0v) is 23.0. The first kappa shape index (κ1) is 28.4. The Labute approximate surface area is 233 Å². The van der Waals surface area contributed by atoms with Crippen LogP contribution in [0.25, 0.3) is 10.8 Å². The Hall–Kier alpha value is -4.59. The van der Waals surface area contributed by atoms with Crippen molar-refractivity contribution in [2.45, 2.75) is 52.3 Å². The van der Waals surface area contributed by atoms with E-state index in [1.165, 1.54) is 11.0 Å². The highest BCUT2D eigenvalue weighted by molar-refractivity contribution is 6.02. The molecule has 4 rings (SSSR count). The number of carbonyl (C=O) groups excluding carboxylic acids is 3. The topological polar surface area (TPSA) is 112 Å². The Kier molecular flexibility index (Phi) is 8.58. The lowest BCUT2D eigenvalue weighted by Crippen LogP contribution is -2.50. The maximum Gasteiger partial charge on any atom is 0.410 e. The molecule has 0 radical (unpaired) electrons. The van der Waals surface area contributed by atoms with Crippen molar-refractivity contribution in [2.75, 3.05) is 5.32 Å². The van der Waals surface area contributed by atoms with Crippen molar-refractivity contribution in [3.63, 3.8) is 0 Å². The van der Waals surface area contributed by atoms with E-state index in [0.29, 0.717) is 5.69 Å². The van der Waals surface area contributed by atoms with Gasteiger partial charge in [0, 0.05) is 36.6 Å². The number of carbonyl (C=O) groups is 3. The zero-order chi connectivity index (χ0) is 28.9. The molecule has 0 saturated carbocycles. The van der Waals surface area contributed by atoms with Crippen LogP contribution in [0, 0.1) is 5.92 Å². The number of nitrogens with zero attached hydrogens (tertiary/aromatic N) is 1. The van der Waals surface area contributed by atoms with Gasteiger partial charge in [0.05, 0.1) is 0 Å². The number of anilines is 1. The first-order valence-corrected chi connectivity index (χ1v) is 13.1. The van der Waals surface area contributed by atoms with Gasteiger partial charge < -0.3 is 29.3 Å². The van der Waals surface area contributed by atoms with Gasteiger partial charge in [-0.25, -0.2) is 4.79 Å². The van der Waals surface area contributed by atoms with Crippen LogP contribution in [0.2, 0.25) is 0 Å². The van der Waals surface area contributed by atoms with Gasteiger partial charge in [-0.2, -0.15) is 0 Å². The van der Waals surface area contributed by atoms with E-state index in [9.17, 15) is 19.5 Å².